The number of pyridine rings is 1. The Labute approximate surface area is 218 Å². The molecule has 0 radical (unpaired) electrons. The van der Waals surface area contributed by atoms with Gasteiger partial charge in [-0.05, 0) is 49.3 Å². The third-order valence-electron chi connectivity index (χ3n) is 6.39. The van der Waals surface area contributed by atoms with Crippen molar-refractivity contribution in [2.75, 3.05) is 57.7 Å². The van der Waals surface area contributed by atoms with Crippen LogP contribution in [0.3, 0.4) is 0 Å². The van der Waals surface area contributed by atoms with Crippen molar-refractivity contribution in [3.63, 3.8) is 0 Å². The number of nitrogens with zero attached hydrogens (tertiary/aromatic N) is 2. The zero-order chi connectivity index (χ0) is 25.7. The van der Waals surface area contributed by atoms with Gasteiger partial charge in [0.1, 0.15) is 17.3 Å². The van der Waals surface area contributed by atoms with E-state index in [4.69, 9.17) is 21.1 Å². The number of anilines is 3. The summed E-state index contributed by atoms with van der Waals surface area (Å²) < 4.78 is 13.1. The number of benzene rings is 1. The van der Waals surface area contributed by atoms with E-state index in [0.29, 0.717) is 29.6 Å². The quantitative estimate of drug-likeness (QED) is 0.339. The van der Waals surface area contributed by atoms with Gasteiger partial charge in [0.15, 0.2) is 0 Å². The highest BCUT2D eigenvalue weighted by Gasteiger charge is 2.27. The first-order valence-electron chi connectivity index (χ1n) is 12.0. The molecule has 0 saturated carbocycles. The van der Waals surface area contributed by atoms with Gasteiger partial charge in [0, 0.05) is 43.5 Å². The summed E-state index contributed by atoms with van der Waals surface area (Å²) in [4.78, 5) is 17.1. The predicted octanol–water partition coefficient (Wildman–Crippen LogP) is 6.08. The van der Waals surface area contributed by atoms with E-state index >= 15 is 0 Å². The number of rotatable bonds is 9. The van der Waals surface area contributed by atoms with Gasteiger partial charge in [0.05, 0.1) is 38.7 Å². The number of fused-ring (bicyclic) bond motifs is 1. The Balaban J connectivity index is 1.56. The summed E-state index contributed by atoms with van der Waals surface area (Å²) in [7, 11) is 4.52. The Morgan fingerprint density at radius 1 is 1.28 bits per heavy atom. The van der Waals surface area contributed by atoms with Crippen LogP contribution in [0.25, 0.3) is 6.08 Å². The Morgan fingerprint density at radius 3 is 2.78 bits per heavy atom. The Hall–Kier alpha value is -2.80. The van der Waals surface area contributed by atoms with E-state index in [1.54, 1.807) is 26.5 Å². The van der Waals surface area contributed by atoms with Gasteiger partial charge in [-0.1, -0.05) is 24.6 Å². The molecule has 4 rings (SSSR count). The van der Waals surface area contributed by atoms with Crippen LogP contribution in [0.2, 0.25) is 5.02 Å². The van der Waals surface area contributed by atoms with Gasteiger partial charge in [0.25, 0.3) is 5.65 Å². The molecule has 8 nitrogen and oxygen atoms in total. The van der Waals surface area contributed by atoms with Crippen molar-refractivity contribution in [1.29, 1.82) is 0 Å². The molecule has 3 N–H and O–H groups in total. The minimum Gasteiger partial charge on any atom is -0.495 e. The average molecular weight is 530 g/mol. The summed E-state index contributed by atoms with van der Waals surface area (Å²) in [6.07, 6.45) is 8.99. The highest BCUT2D eigenvalue weighted by molar-refractivity contribution is 7.72. The lowest BCUT2D eigenvalue weighted by Crippen LogP contribution is -2.24. The summed E-state index contributed by atoms with van der Waals surface area (Å²) in [6, 6.07) is 5.47. The van der Waals surface area contributed by atoms with Gasteiger partial charge in [-0.3, -0.25) is 9.46 Å². The molecule has 1 amide bonds. The number of hydrogen-bond donors (Lipinski definition) is 3. The Kier molecular flexibility index (Phi) is 8.72. The minimum absolute atomic E-state index is 0.167. The van der Waals surface area contributed by atoms with Crippen molar-refractivity contribution in [3.8, 4) is 11.5 Å². The maximum Gasteiger partial charge on any atom is 0.256 e. The van der Waals surface area contributed by atoms with Crippen molar-refractivity contribution >= 4 is 48.6 Å². The van der Waals surface area contributed by atoms with Gasteiger partial charge >= 0.3 is 0 Å². The molecule has 10 heteroatoms. The van der Waals surface area contributed by atoms with Crippen molar-refractivity contribution in [1.82, 2.24) is 15.0 Å². The summed E-state index contributed by atoms with van der Waals surface area (Å²) in [5.41, 5.74) is 5.10. The van der Waals surface area contributed by atoms with Crippen molar-refractivity contribution in [2.45, 2.75) is 19.8 Å². The molecule has 1 unspecified atom stereocenters. The fraction of sp³-hybridized carbons (Fsp3) is 0.385. The topological polar surface area (TPSA) is 87.8 Å². The van der Waals surface area contributed by atoms with Crippen LogP contribution in [0.5, 0.6) is 11.5 Å². The molecule has 1 fully saturated rings. The summed E-state index contributed by atoms with van der Waals surface area (Å²) >= 11 is 6.28. The summed E-state index contributed by atoms with van der Waals surface area (Å²) in [5.74, 6) is 1.97. The van der Waals surface area contributed by atoms with Crippen LogP contribution in [-0.4, -0.2) is 62.4 Å². The molecule has 192 valence electrons. The minimum atomic E-state index is -0.708. The zero-order valence-corrected chi connectivity index (χ0v) is 22.8. The normalized spacial score (nSPS) is 17.6. The number of hydrogen-bond acceptors (Lipinski definition) is 7. The van der Waals surface area contributed by atoms with E-state index < -0.39 is 8.07 Å². The Morgan fingerprint density at radius 2 is 2.08 bits per heavy atom. The summed E-state index contributed by atoms with van der Waals surface area (Å²) in [6.45, 7) is 4.34. The first kappa shape index (κ1) is 26.3. The molecule has 1 atom stereocenters. The van der Waals surface area contributed by atoms with E-state index in [2.05, 4.69) is 44.7 Å². The van der Waals surface area contributed by atoms with Crippen LogP contribution < -0.4 is 25.4 Å². The number of carbonyl (C=O) groups excluding carboxylic acids is 1. The maximum atomic E-state index is 12.6. The highest BCUT2D eigenvalue weighted by atomic mass is 35.5. The lowest BCUT2D eigenvalue weighted by Gasteiger charge is -2.23. The van der Waals surface area contributed by atoms with Crippen molar-refractivity contribution < 1.29 is 14.3 Å². The van der Waals surface area contributed by atoms with Crippen LogP contribution >= 0.6 is 19.7 Å². The molecule has 3 heterocycles. The molecule has 1 aromatic carbocycles. The second kappa shape index (κ2) is 12.0. The van der Waals surface area contributed by atoms with Crippen LogP contribution in [0.1, 0.15) is 25.3 Å². The van der Waals surface area contributed by atoms with Crippen LogP contribution in [-0.2, 0) is 0 Å². The maximum absolute atomic E-state index is 12.6. The van der Waals surface area contributed by atoms with E-state index in [-0.39, 0.29) is 5.65 Å². The SMILES string of the molecule is CC/C(=C\CNC(=O)P1CCCN1C)C1=Cc2c(Nc3cc(OC)c(Cl)cc3OC)ccnc2NC1. The molecule has 2 aromatic rings. The van der Waals surface area contributed by atoms with E-state index in [1.165, 1.54) is 11.1 Å². The van der Waals surface area contributed by atoms with Crippen LogP contribution in [0, 0.1) is 0 Å². The molecule has 0 aliphatic carbocycles. The number of carbonyl (C=O) groups is 1. The molecule has 1 aromatic heterocycles. The van der Waals surface area contributed by atoms with E-state index in [9.17, 15) is 4.79 Å². The van der Waals surface area contributed by atoms with Gasteiger partial charge in [0.2, 0.25) is 0 Å². The standard InChI is InChI=1S/C26H33ClN5O3P/c1-5-17(7-9-29-26(33)36-12-6-11-32(36)2)18-13-19-21(8-10-28-25(19)30-16-18)31-22-15-23(34-3)20(27)14-24(22)35-4/h7-8,10,13-15H,5-6,9,11-12,16H2,1-4H3,(H,29,33)(H2,28,30,31)/b17-7+. The summed E-state index contributed by atoms with van der Waals surface area (Å²) in [5, 5.41) is 10.5. The largest absolute Gasteiger partial charge is 0.495 e. The van der Waals surface area contributed by atoms with Crippen molar-refractivity contribution in [3.05, 3.63) is 52.2 Å². The first-order chi connectivity index (χ1) is 17.4. The molecule has 2 aliphatic rings. The van der Waals surface area contributed by atoms with Crippen LogP contribution in [0.15, 0.2) is 41.6 Å². The number of amides is 1. The van der Waals surface area contributed by atoms with E-state index in [1.807, 2.05) is 19.2 Å². The van der Waals surface area contributed by atoms with Crippen LogP contribution in [0.4, 0.5) is 22.0 Å². The van der Waals surface area contributed by atoms with Gasteiger partial charge < -0.3 is 25.4 Å². The molecular weight excluding hydrogens is 497 g/mol. The number of halogens is 1. The second-order valence-electron chi connectivity index (χ2n) is 8.58. The average Bonchev–Trinajstić information content (AvgIpc) is 3.33. The molecule has 0 bridgehead atoms. The second-order valence-corrected chi connectivity index (χ2v) is 11.3. The molecule has 0 spiro atoms. The lowest BCUT2D eigenvalue weighted by molar-refractivity contribution is 0.260. The fourth-order valence-corrected chi connectivity index (χ4v) is 6.62. The lowest BCUT2D eigenvalue weighted by atomic mass is 9.97. The molecule has 2 aliphatic heterocycles. The highest BCUT2D eigenvalue weighted by Crippen LogP contribution is 2.45. The van der Waals surface area contributed by atoms with Gasteiger partial charge in [-0.25, -0.2) is 4.98 Å². The molecular formula is C26H33ClN5O3P. The van der Waals surface area contributed by atoms with Gasteiger partial charge in [-0.2, -0.15) is 0 Å². The van der Waals surface area contributed by atoms with Gasteiger partial charge in [-0.15, -0.1) is 0 Å². The zero-order valence-electron chi connectivity index (χ0n) is 21.2. The van der Waals surface area contributed by atoms with E-state index in [0.717, 1.165) is 48.3 Å². The molecule has 1 saturated heterocycles. The number of ether oxygens (including phenoxy) is 2. The number of methoxy groups -OCH3 is 2. The monoisotopic (exact) mass is 529 g/mol. The predicted molar refractivity (Wildman–Crippen MR) is 149 cm³/mol. The fourth-order valence-electron chi connectivity index (χ4n) is 4.44. The third kappa shape index (κ3) is 5.77. The number of aromatic nitrogens is 1. The Bertz CT molecular complexity index is 1190. The molecule has 36 heavy (non-hydrogen) atoms. The van der Waals surface area contributed by atoms with Crippen molar-refractivity contribution in [2.24, 2.45) is 0 Å². The number of nitrogens with one attached hydrogen (secondary N) is 3. The smallest absolute Gasteiger partial charge is 0.256 e. The first-order valence-corrected chi connectivity index (χ1v) is 13.9. The third-order valence-corrected chi connectivity index (χ3v) is 9.08.